The van der Waals surface area contributed by atoms with Crippen molar-refractivity contribution in [1.82, 2.24) is 0 Å². The molecule has 1 aliphatic heterocycles. The fourth-order valence-corrected chi connectivity index (χ4v) is 1.93. The number of hydrogen-bond acceptors (Lipinski definition) is 4. The average molecular weight is 272 g/mol. The molecule has 1 fully saturated rings. The zero-order valence-corrected chi connectivity index (χ0v) is 11.0. The van der Waals surface area contributed by atoms with Gasteiger partial charge in [-0.15, -0.1) is 0 Å². The molecule has 0 saturated carbocycles. The van der Waals surface area contributed by atoms with E-state index in [-0.39, 0.29) is 0 Å². The molecule has 4 nitrogen and oxygen atoms in total. The Hall–Kier alpha value is -2.04. The van der Waals surface area contributed by atoms with Crippen LogP contribution in [0.15, 0.2) is 60.7 Å². The molecule has 0 bridgehead atoms. The van der Waals surface area contributed by atoms with Crippen molar-refractivity contribution in [2.75, 3.05) is 13.2 Å². The molecule has 1 heterocycles. The fraction of sp³-hybridized carbons (Fsp3) is 0.250. The first-order valence-corrected chi connectivity index (χ1v) is 6.58. The third-order valence-corrected chi connectivity index (χ3v) is 2.86. The summed E-state index contributed by atoms with van der Waals surface area (Å²) < 4.78 is 22.7. The Balaban J connectivity index is 1.68. The summed E-state index contributed by atoms with van der Waals surface area (Å²) in [5.74, 6) is 1.45. The highest BCUT2D eigenvalue weighted by atomic mass is 16.8. The van der Waals surface area contributed by atoms with E-state index in [1.807, 2.05) is 60.7 Å². The quantitative estimate of drug-likeness (QED) is 0.857. The third kappa shape index (κ3) is 3.29. The molecule has 0 amide bonds. The van der Waals surface area contributed by atoms with Crippen LogP contribution in [-0.4, -0.2) is 25.8 Å². The van der Waals surface area contributed by atoms with Gasteiger partial charge in [0.1, 0.15) is 11.5 Å². The molecule has 1 saturated heterocycles. The fourth-order valence-electron chi connectivity index (χ4n) is 1.93. The lowest BCUT2D eigenvalue weighted by Gasteiger charge is -2.31. The van der Waals surface area contributed by atoms with Gasteiger partial charge in [-0.3, -0.25) is 0 Å². The highest BCUT2D eigenvalue weighted by molar-refractivity contribution is 5.22. The summed E-state index contributed by atoms with van der Waals surface area (Å²) in [6.45, 7) is 0.984. The predicted molar refractivity (Wildman–Crippen MR) is 73.6 cm³/mol. The monoisotopic (exact) mass is 272 g/mol. The van der Waals surface area contributed by atoms with Crippen LogP contribution in [0.4, 0.5) is 0 Å². The molecule has 0 aromatic heterocycles. The van der Waals surface area contributed by atoms with Crippen molar-refractivity contribution in [2.45, 2.75) is 12.6 Å². The molecule has 0 N–H and O–H groups in total. The lowest BCUT2D eigenvalue weighted by atomic mass is 10.3. The van der Waals surface area contributed by atoms with Gasteiger partial charge in [0.2, 0.25) is 0 Å². The molecule has 2 atom stereocenters. The Bertz CT molecular complexity index is 465. The Morgan fingerprint density at radius 1 is 0.650 bits per heavy atom. The molecule has 104 valence electrons. The van der Waals surface area contributed by atoms with Crippen molar-refractivity contribution in [2.24, 2.45) is 0 Å². The molecule has 3 rings (SSSR count). The van der Waals surface area contributed by atoms with E-state index in [1.165, 1.54) is 0 Å². The largest absolute Gasteiger partial charge is 0.458 e. The van der Waals surface area contributed by atoms with Gasteiger partial charge in [-0.05, 0) is 24.3 Å². The maximum absolute atomic E-state index is 5.77. The molecule has 2 aromatic rings. The Kier molecular flexibility index (Phi) is 4.16. The normalized spacial score (nSPS) is 22.2. The van der Waals surface area contributed by atoms with E-state index in [1.54, 1.807) is 0 Å². The molecule has 1 aliphatic rings. The van der Waals surface area contributed by atoms with Crippen LogP contribution < -0.4 is 9.47 Å². The van der Waals surface area contributed by atoms with Crippen molar-refractivity contribution in [3.05, 3.63) is 60.7 Å². The van der Waals surface area contributed by atoms with Crippen LogP contribution in [0, 0.1) is 0 Å². The minimum Gasteiger partial charge on any atom is -0.458 e. The molecule has 0 radical (unpaired) electrons. The summed E-state index contributed by atoms with van der Waals surface area (Å²) in [6.07, 6.45) is -1.15. The average Bonchev–Trinajstić information content (AvgIpc) is 2.51. The zero-order valence-electron chi connectivity index (χ0n) is 11.0. The van der Waals surface area contributed by atoms with Crippen LogP contribution in [-0.2, 0) is 9.47 Å². The maximum atomic E-state index is 5.77. The summed E-state index contributed by atoms with van der Waals surface area (Å²) in [7, 11) is 0. The first-order chi connectivity index (χ1) is 9.92. The molecule has 0 unspecified atom stereocenters. The highest BCUT2D eigenvalue weighted by Crippen LogP contribution is 2.20. The SMILES string of the molecule is c1ccc(O[C@H]2OCCO[C@@H]2Oc2ccccc2)cc1. The molecule has 0 spiro atoms. The van der Waals surface area contributed by atoms with Crippen LogP contribution in [0.2, 0.25) is 0 Å². The van der Waals surface area contributed by atoms with Crippen LogP contribution in [0.3, 0.4) is 0 Å². The van der Waals surface area contributed by atoms with E-state index in [4.69, 9.17) is 18.9 Å². The maximum Gasteiger partial charge on any atom is 0.263 e. The molecular formula is C16H16O4. The molecule has 0 aliphatic carbocycles. The third-order valence-electron chi connectivity index (χ3n) is 2.86. The number of para-hydroxylation sites is 2. The van der Waals surface area contributed by atoms with Crippen LogP contribution in [0.25, 0.3) is 0 Å². The summed E-state index contributed by atoms with van der Waals surface area (Å²) in [5, 5.41) is 0. The van der Waals surface area contributed by atoms with Crippen molar-refractivity contribution in [3.8, 4) is 11.5 Å². The van der Waals surface area contributed by atoms with E-state index in [0.717, 1.165) is 11.5 Å². The Morgan fingerprint density at radius 3 is 1.45 bits per heavy atom. The standard InChI is InChI=1S/C16H16O4/c1-3-7-13(8-4-1)19-15-16(18-12-11-17-15)20-14-9-5-2-6-10-14/h1-10,15-16H,11-12H2/t15-,16-/m1/s1. The Morgan fingerprint density at radius 2 is 1.05 bits per heavy atom. The molecule has 4 heteroatoms. The van der Waals surface area contributed by atoms with Gasteiger partial charge in [-0.1, -0.05) is 36.4 Å². The van der Waals surface area contributed by atoms with Gasteiger partial charge < -0.3 is 18.9 Å². The second kappa shape index (κ2) is 6.41. The lowest BCUT2D eigenvalue weighted by Crippen LogP contribution is -2.45. The summed E-state index contributed by atoms with van der Waals surface area (Å²) in [5.41, 5.74) is 0. The number of rotatable bonds is 4. The zero-order chi connectivity index (χ0) is 13.6. The van der Waals surface area contributed by atoms with E-state index >= 15 is 0 Å². The van der Waals surface area contributed by atoms with Crippen molar-refractivity contribution < 1.29 is 18.9 Å². The van der Waals surface area contributed by atoms with Gasteiger partial charge in [-0.25, -0.2) is 0 Å². The van der Waals surface area contributed by atoms with Crippen molar-refractivity contribution >= 4 is 0 Å². The van der Waals surface area contributed by atoms with Crippen LogP contribution in [0.1, 0.15) is 0 Å². The van der Waals surface area contributed by atoms with Gasteiger partial charge >= 0.3 is 0 Å². The van der Waals surface area contributed by atoms with Gasteiger partial charge in [0.15, 0.2) is 0 Å². The topological polar surface area (TPSA) is 36.9 Å². The summed E-state index contributed by atoms with van der Waals surface area (Å²) in [6, 6.07) is 19.0. The summed E-state index contributed by atoms with van der Waals surface area (Å²) >= 11 is 0. The van der Waals surface area contributed by atoms with Crippen LogP contribution in [0.5, 0.6) is 11.5 Å². The van der Waals surface area contributed by atoms with Crippen molar-refractivity contribution in [3.63, 3.8) is 0 Å². The molecule has 2 aromatic carbocycles. The number of hydrogen-bond donors (Lipinski definition) is 0. The predicted octanol–water partition coefficient (Wildman–Crippen LogP) is 2.84. The van der Waals surface area contributed by atoms with E-state index < -0.39 is 12.6 Å². The lowest BCUT2D eigenvalue weighted by molar-refractivity contribution is -0.271. The van der Waals surface area contributed by atoms with Gasteiger partial charge in [0.25, 0.3) is 12.6 Å². The van der Waals surface area contributed by atoms with Gasteiger partial charge in [0, 0.05) is 0 Å². The summed E-state index contributed by atoms with van der Waals surface area (Å²) in [4.78, 5) is 0. The van der Waals surface area contributed by atoms with Gasteiger partial charge in [-0.2, -0.15) is 0 Å². The minimum atomic E-state index is -0.577. The smallest absolute Gasteiger partial charge is 0.263 e. The van der Waals surface area contributed by atoms with Crippen LogP contribution >= 0.6 is 0 Å². The van der Waals surface area contributed by atoms with E-state index in [9.17, 15) is 0 Å². The van der Waals surface area contributed by atoms with E-state index in [2.05, 4.69) is 0 Å². The minimum absolute atomic E-state index is 0.492. The Labute approximate surface area is 117 Å². The van der Waals surface area contributed by atoms with Crippen molar-refractivity contribution in [1.29, 1.82) is 0 Å². The molecule has 20 heavy (non-hydrogen) atoms. The second-order valence-corrected chi connectivity index (χ2v) is 4.34. The van der Waals surface area contributed by atoms with E-state index in [0.29, 0.717) is 13.2 Å². The first-order valence-electron chi connectivity index (χ1n) is 6.58. The second-order valence-electron chi connectivity index (χ2n) is 4.34. The molecular weight excluding hydrogens is 256 g/mol. The number of benzene rings is 2. The van der Waals surface area contributed by atoms with Gasteiger partial charge in [0.05, 0.1) is 13.2 Å². The first kappa shape index (κ1) is 13.0. The highest BCUT2D eigenvalue weighted by Gasteiger charge is 2.30. The number of ether oxygens (including phenoxy) is 4.